The summed E-state index contributed by atoms with van der Waals surface area (Å²) in [6.45, 7) is 3.92. The summed E-state index contributed by atoms with van der Waals surface area (Å²) < 4.78 is 0. The lowest BCUT2D eigenvalue weighted by atomic mass is 9.92. The molecule has 1 aliphatic heterocycles. The van der Waals surface area contributed by atoms with Gasteiger partial charge >= 0.3 is 0 Å². The summed E-state index contributed by atoms with van der Waals surface area (Å²) in [5.74, 6) is 5.23. The SMILES string of the molecule is CC(O)C1CCN(CC(=O)NN)CC1. The van der Waals surface area contributed by atoms with Crippen LogP contribution in [0, 0.1) is 5.92 Å². The number of carbonyl (C=O) groups is 1. The molecule has 1 rings (SSSR count). The zero-order valence-electron chi connectivity index (χ0n) is 8.57. The Morgan fingerprint density at radius 2 is 2.21 bits per heavy atom. The van der Waals surface area contributed by atoms with E-state index in [-0.39, 0.29) is 12.0 Å². The molecule has 1 fully saturated rings. The van der Waals surface area contributed by atoms with Crippen molar-refractivity contribution < 1.29 is 9.90 Å². The molecule has 5 nitrogen and oxygen atoms in total. The average molecular weight is 201 g/mol. The van der Waals surface area contributed by atoms with Gasteiger partial charge in [0.15, 0.2) is 0 Å². The zero-order valence-corrected chi connectivity index (χ0v) is 8.57. The fraction of sp³-hybridized carbons (Fsp3) is 0.889. The van der Waals surface area contributed by atoms with Crippen LogP contribution in [0.2, 0.25) is 0 Å². The molecular weight excluding hydrogens is 182 g/mol. The molecule has 14 heavy (non-hydrogen) atoms. The molecule has 0 radical (unpaired) electrons. The van der Waals surface area contributed by atoms with E-state index in [4.69, 9.17) is 5.84 Å². The van der Waals surface area contributed by atoms with E-state index in [0.29, 0.717) is 12.5 Å². The second-order valence-electron chi connectivity index (χ2n) is 3.92. The van der Waals surface area contributed by atoms with E-state index in [1.807, 2.05) is 6.92 Å². The van der Waals surface area contributed by atoms with Gasteiger partial charge in [-0.2, -0.15) is 0 Å². The van der Waals surface area contributed by atoms with Crippen LogP contribution in [0.1, 0.15) is 19.8 Å². The number of nitrogens with one attached hydrogen (secondary N) is 1. The van der Waals surface area contributed by atoms with Crippen molar-refractivity contribution in [2.45, 2.75) is 25.9 Å². The quantitative estimate of drug-likeness (QED) is 0.313. The monoisotopic (exact) mass is 201 g/mol. The highest BCUT2D eigenvalue weighted by Gasteiger charge is 2.23. The van der Waals surface area contributed by atoms with Crippen LogP contribution < -0.4 is 11.3 Å². The minimum atomic E-state index is -0.236. The molecule has 1 amide bonds. The summed E-state index contributed by atoms with van der Waals surface area (Å²) in [6.07, 6.45) is 1.67. The summed E-state index contributed by atoms with van der Waals surface area (Å²) in [5, 5.41) is 9.37. The van der Waals surface area contributed by atoms with Crippen LogP contribution in [0.5, 0.6) is 0 Å². The number of hydrogen-bond donors (Lipinski definition) is 3. The van der Waals surface area contributed by atoms with Crippen LogP contribution >= 0.6 is 0 Å². The Balaban J connectivity index is 2.25. The minimum Gasteiger partial charge on any atom is -0.393 e. The molecule has 1 heterocycles. The maximum absolute atomic E-state index is 11.0. The first kappa shape index (κ1) is 11.4. The number of hydrazine groups is 1. The summed E-state index contributed by atoms with van der Waals surface area (Å²) >= 11 is 0. The van der Waals surface area contributed by atoms with Crippen molar-refractivity contribution in [3.05, 3.63) is 0 Å². The number of aliphatic hydroxyl groups excluding tert-OH is 1. The highest BCUT2D eigenvalue weighted by molar-refractivity contribution is 5.77. The second-order valence-corrected chi connectivity index (χ2v) is 3.92. The first-order chi connectivity index (χ1) is 6.63. The third-order valence-electron chi connectivity index (χ3n) is 2.84. The van der Waals surface area contributed by atoms with Crippen LogP contribution in [0.15, 0.2) is 0 Å². The molecule has 1 saturated heterocycles. The Hall–Kier alpha value is -0.650. The van der Waals surface area contributed by atoms with Crippen molar-refractivity contribution in [3.63, 3.8) is 0 Å². The van der Waals surface area contributed by atoms with Crippen LogP contribution in [0.3, 0.4) is 0 Å². The smallest absolute Gasteiger partial charge is 0.248 e. The molecule has 0 saturated carbocycles. The van der Waals surface area contributed by atoms with Gasteiger partial charge in [0.05, 0.1) is 12.6 Å². The largest absolute Gasteiger partial charge is 0.393 e. The van der Waals surface area contributed by atoms with Crippen LogP contribution in [0.4, 0.5) is 0 Å². The molecule has 1 unspecified atom stereocenters. The summed E-state index contributed by atoms with van der Waals surface area (Å²) in [6, 6.07) is 0. The van der Waals surface area contributed by atoms with Gasteiger partial charge in [0.1, 0.15) is 0 Å². The zero-order chi connectivity index (χ0) is 10.6. The van der Waals surface area contributed by atoms with Gasteiger partial charge in [0.2, 0.25) is 5.91 Å². The molecular formula is C9H19N3O2. The minimum absolute atomic E-state index is 0.152. The average Bonchev–Trinajstić information content (AvgIpc) is 2.18. The van der Waals surface area contributed by atoms with Crippen molar-refractivity contribution in [3.8, 4) is 0 Å². The van der Waals surface area contributed by atoms with E-state index >= 15 is 0 Å². The molecule has 82 valence electrons. The number of rotatable bonds is 3. The van der Waals surface area contributed by atoms with Gasteiger partial charge in [-0.25, -0.2) is 5.84 Å². The summed E-state index contributed by atoms with van der Waals surface area (Å²) in [7, 11) is 0. The number of nitrogens with two attached hydrogens (primary N) is 1. The maximum Gasteiger partial charge on any atom is 0.248 e. The molecule has 1 aliphatic rings. The number of hydrogen-bond acceptors (Lipinski definition) is 4. The maximum atomic E-state index is 11.0. The third kappa shape index (κ3) is 3.25. The predicted octanol–water partition coefficient (Wildman–Crippen LogP) is -0.931. The highest BCUT2D eigenvalue weighted by atomic mass is 16.3. The lowest BCUT2D eigenvalue weighted by Crippen LogP contribution is -2.44. The Kier molecular flexibility index (Phi) is 4.31. The fourth-order valence-electron chi connectivity index (χ4n) is 1.84. The van der Waals surface area contributed by atoms with E-state index < -0.39 is 0 Å². The normalized spacial score (nSPS) is 21.9. The van der Waals surface area contributed by atoms with Gasteiger partial charge < -0.3 is 5.11 Å². The molecule has 0 bridgehead atoms. The Labute approximate surface area is 84.2 Å². The van der Waals surface area contributed by atoms with E-state index in [2.05, 4.69) is 10.3 Å². The lowest BCUT2D eigenvalue weighted by molar-refractivity contribution is -0.122. The number of carbonyl (C=O) groups excluding carboxylic acids is 1. The Morgan fingerprint density at radius 1 is 1.64 bits per heavy atom. The molecule has 4 N–H and O–H groups in total. The van der Waals surface area contributed by atoms with Gasteiger partial charge in [0, 0.05) is 0 Å². The van der Waals surface area contributed by atoms with Crippen molar-refractivity contribution in [1.82, 2.24) is 10.3 Å². The predicted molar refractivity (Wildman–Crippen MR) is 53.2 cm³/mol. The standard InChI is InChI=1S/C9H19N3O2/c1-7(13)8-2-4-12(5-3-8)6-9(14)11-10/h7-8,13H,2-6,10H2,1H3,(H,11,14). The Morgan fingerprint density at radius 3 is 2.64 bits per heavy atom. The molecule has 5 heteroatoms. The van der Waals surface area contributed by atoms with Crippen LogP contribution in [0.25, 0.3) is 0 Å². The van der Waals surface area contributed by atoms with Gasteiger partial charge in [-0.1, -0.05) is 0 Å². The number of nitrogens with zero attached hydrogens (tertiary/aromatic N) is 1. The van der Waals surface area contributed by atoms with Crippen molar-refractivity contribution >= 4 is 5.91 Å². The van der Waals surface area contributed by atoms with E-state index in [0.717, 1.165) is 25.9 Å². The van der Waals surface area contributed by atoms with E-state index in [1.165, 1.54) is 0 Å². The number of amides is 1. The lowest BCUT2D eigenvalue weighted by Gasteiger charge is -2.32. The summed E-state index contributed by atoms with van der Waals surface area (Å²) in [5.41, 5.74) is 2.12. The highest BCUT2D eigenvalue weighted by Crippen LogP contribution is 2.19. The second kappa shape index (κ2) is 5.29. The fourth-order valence-corrected chi connectivity index (χ4v) is 1.84. The molecule has 0 spiro atoms. The number of piperidine rings is 1. The molecule has 0 aromatic heterocycles. The first-order valence-electron chi connectivity index (χ1n) is 5.03. The van der Waals surface area contributed by atoms with E-state index in [1.54, 1.807) is 0 Å². The third-order valence-corrected chi connectivity index (χ3v) is 2.84. The first-order valence-corrected chi connectivity index (χ1v) is 5.03. The molecule has 0 aromatic carbocycles. The molecule has 0 aliphatic carbocycles. The number of likely N-dealkylation sites (tertiary alicyclic amines) is 1. The Bertz CT molecular complexity index is 188. The topological polar surface area (TPSA) is 78.6 Å². The van der Waals surface area contributed by atoms with Gasteiger partial charge in [-0.3, -0.25) is 15.1 Å². The molecule has 1 atom stereocenters. The summed E-state index contributed by atoms with van der Waals surface area (Å²) in [4.78, 5) is 13.0. The van der Waals surface area contributed by atoms with Gasteiger partial charge in [-0.15, -0.1) is 0 Å². The van der Waals surface area contributed by atoms with Crippen molar-refractivity contribution in [2.75, 3.05) is 19.6 Å². The van der Waals surface area contributed by atoms with Crippen molar-refractivity contribution in [1.29, 1.82) is 0 Å². The van der Waals surface area contributed by atoms with Crippen LogP contribution in [-0.4, -0.2) is 41.7 Å². The number of aliphatic hydroxyl groups is 1. The van der Waals surface area contributed by atoms with E-state index in [9.17, 15) is 9.90 Å². The van der Waals surface area contributed by atoms with Gasteiger partial charge in [-0.05, 0) is 38.8 Å². The molecule has 0 aromatic rings. The van der Waals surface area contributed by atoms with Crippen LogP contribution in [-0.2, 0) is 4.79 Å². The van der Waals surface area contributed by atoms with Crippen molar-refractivity contribution in [2.24, 2.45) is 11.8 Å². The van der Waals surface area contributed by atoms with Gasteiger partial charge in [0.25, 0.3) is 0 Å².